The van der Waals surface area contributed by atoms with Crippen molar-refractivity contribution in [2.75, 3.05) is 0 Å². The summed E-state index contributed by atoms with van der Waals surface area (Å²) in [7, 11) is 0. The van der Waals surface area contributed by atoms with Gasteiger partial charge in [-0.05, 0) is 17.5 Å². The predicted octanol–water partition coefficient (Wildman–Crippen LogP) is 2.16. The van der Waals surface area contributed by atoms with Crippen LogP contribution < -0.4 is 0 Å². The maximum atomic E-state index is 5.60. The molecular formula is C12H12N4OS. The molecule has 0 amide bonds. The van der Waals surface area contributed by atoms with E-state index in [0.29, 0.717) is 24.6 Å². The summed E-state index contributed by atoms with van der Waals surface area (Å²) in [5.74, 6) is 1.34. The first-order valence-electron chi connectivity index (χ1n) is 5.71. The molecule has 18 heavy (non-hydrogen) atoms. The van der Waals surface area contributed by atoms with Crippen LogP contribution in [0.2, 0.25) is 0 Å². The molecule has 0 aliphatic heterocycles. The molecule has 3 aromatic heterocycles. The van der Waals surface area contributed by atoms with E-state index in [1.807, 2.05) is 28.4 Å². The third-order valence-corrected chi connectivity index (χ3v) is 3.40. The van der Waals surface area contributed by atoms with Gasteiger partial charge >= 0.3 is 0 Å². The van der Waals surface area contributed by atoms with E-state index in [1.165, 1.54) is 4.88 Å². The van der Waals surface area contributed by atoms with Crippen molar-refractivity contribution in [1.82, 2.24) is 20.0 Å². The van der Waals surface area contributed by atoms with Gasteiger partial charge in [0.05, 0.1) is 6.42 Å². The Morgan fingerprint density at radius 2 is 2.17 bits per heavy atom. The third kappa shape index (κ3) is 2.65. The van der Waals surface area contributed by atoms with Gasteiger partial charge in [-0.15, -0.1) is 21.5 Å². The zero-order valence-electron chi connectivity index (χ0n) is 9.69. The Hall–Kier alpha value is -1.95. The smallest absolute Gasteiger partial charge is 0.221 e. The molecule has 0 bridgehead atoms. The van der Waals surface area contributed by atoms with Crippen molar-refractivity contribution in [3.05, 3.63) is 52.6 Å². The van der Waals surface area contributed by atoms with Crippen molar-refractivity contribution >= 4 is 11.3 Å². The fourth-order valence-electron chi connectivity index (χ4n) is 1.67. The Labute approximate surface area is 108 Å². The van der Waals surface area contributed by atoms with E-state index in [2.05, 4.69) is 21.4 Å². The molecule has 3 rings (SSSR count). The normalized spacial score (nSPS) is 10.9. The first-order valence-corrected chi connectivity index (χ1v) is 6.59. The lowest BCUT2D eigenvalue weighted by molar-refractivity contribution is 0.439. The fourth-order valence-corrected chi connectivity index (χ4v) is 2.36. The molecule has 3 heterocycles. The summed E-state index contributed by atoms with van der Waals surface area (Å²) in [6.07, 6.45) is 5.10. The van der Waals surface area contributed by atoms with Gasteiger partial charge in [-0.2, -0.15) is 5.10 Å². The molecule has 0 atom stereocenters. The molecule has 0 N–H and O–H groups in total. The zero-order chi connectivity index (χ0) is 12.2. The molecule has 0 aliphatic carbocycles. The summed E-state index contributed by atoms with van der Waals surface area (Å²) in [5, 5.41) is 14.3. The second-order valence-corrected chi connectivity index (χ2v) is 4.90. The number of hydrogen-bond acceptors (Lipinski definition) is 5. The van der Waals surface area contributed by atoms with Crippen molar-refractivity contribution in [2.24, 2.45) is 0 Å². The molecular weight excluding hydrogens is 248 g/mol. The van der Waals surface area contributed by atoms with E-state index in [9.17, 15) is 0 Å². The van der Waals surface area contributed by atoms with Crippen LogP contribution in [-0.2, 0) is 19.4 Å². The van der Waals surface area contributed by atoms with Crippen LogP contribution in [0.1, 0.15) is 16.7 Å². The lowest BCUT2D eigenvalue weighted by Crippen LogP contribution is -2.01. The number of aromatic nitrogens is 4. The minimum atomic E-state index is 0.664. The largest absolute Gasteiger partial charge is 0.425 e. The van der Waals surface area contributed by atoms with Gasteiger partial charge in [-0.1, -0.05) is 6.07 Å². The fraction of sp³-hybridized carbons (Fsp3) is 0.250. The molecule has 0 aliphatic rings. The van der Waals surface area contributed by atoms with Crippen molar-refractivity contribution < 1.29 is 4.42 Å². The minimum Gasteiger partial charge on any atom is -0.425 e. The molecule has 5 nitrogen and oxygen atoms in total. The van der Waals surface area contributed by atoms with Crippen LogP contribution >= 0.6 is 11.3 Å². The van der Waals surface area contributed by atoms with Gasteiger partial charge in [-0.25, -0.2) is 0 Å². The Bertz CT molecular complexity index is 585. The van der Waals surface area contributed by atoms with Gasteiger partial charge < -0.3 is 4.42 Å². The molecule has 0 saturated heterocycles. The predicted molar refractivity (Wildman–Crippen MR) is 67.4 cm³/mol. The average molecular weight is 260 g/mol. The lowest BCUT2D eigenvalue weighted by atomic mass is 10.3. The maximum absolute atomic E-state index is 5.60. The Kier molecular flexibility index (Phi) is 3.18. The highest BCUT2D eigenvalue weighted by Gasteiger charge is 2.07. The third-order valence-electron chi connectivity index (χ3n) is 2.53. The van der Waals surface area contributed by atoms with E-state index in [4.69, 9.17) is 4.42 Å². The number of thiophene rings is 1. The molecule has 0 spiro atoms. The molecule has 0 saturated carbocycles. The molecule has 0 aromatic carbocycles. The summed E-state index contributed by atoms with van der Waals surface area (Å²) in [6.45, 7) is 0.758. The second-order valence-electron chi connectivity index (χ2n) is 3.86. The highest BCUT2D eigenvalue weighted by Crippen LogP contribution is 2.14. The summed E-state index contributed by atoms with van der Waals surface area (Å²) < 4.78 is 7.45. The number of hydrogen-bond donors (Lipinski definition) is 0. The molecule has 0 unspecified atom stereocenters. The van der Waals surface area contributed by atoms with Crippen LogP contribution in [0.25, 0.3) is 0 Å². The molecule has 92 valence electrons. The van der Waals surface area contributed by atoms with Crippen LogP contribution in [0.4, 0.5) is 0 Å². The van der Waals surface area contributed by atoms with Crippen LogP contribution in [0.15, 0.2) is 40.4 Å². The lowest BCUT2D eigenvalue weighted by Gasteiger charge is -1.96. The van der Waals surface area contributed by atoms with Gasteiger partial charge in [0.25, 0.3) is 0 Å². The van der Waals surface area contributed by atoms with E-state index >= 15 is 0 Å². The first-order chi connectivity index (χ1) is 8.90. The summed E-state index contributed by atoms with van der Waals surface area (Å²) >= 11 is 1.70. The van der Waals surface area contributed by atoms with Gasteiger partial charge in [-0.3, -0.25) is 4.68 Å². The Morgan fingerprint density at radius 1 is 1.22 bits per heavy atom. The minimum absolute atomic E-state index is 0.664. The zero-order valence-corrected chi connectivity index (χ0v) is 10.5. The van der Waals surface area contributed by atoms with E-state index < -0.39 is 0 Å². The highest BCUT2D eigenvalue weighted by molar-refractivity contribution is 7.09. The van der Waals surface area contributed by atoms with Gasteiger partial charge in [0.15, 0.2) is 0 Å². The average Bonchev–Trinajstić information content (AvgIpc) is 3.09. The topological polar surface area (TPSA) is 56.7 Å². The van der Waals surface area contributed by atoms with Gasteiger partial charge in [0.1, 0.15) is 0 Å². The van der Waals surface area contributed by atoms with Crippen molar-refractivity contribution in [3.8, 4) is 0 Å². The van der Waals surface area contributed by atoms with Gasteiger partial charge in [0.2, 0.25) is 11.8 Å². The maximum Gasteiger partial charge on any atom is 0.221 e. The van der Waals surface area contributed by atoms with Crippen LogP contribution in [0.3, 0.4) is 0 Å². The number of aryl methyl sites for hydroxylation is 2. The van der Waals surface area contributed by atoms with Crippen LogP contribution in [0, 0.1) is 0 Å². The summed E-state index contributed by atoms with van der Waals surface area (Å²) in [5.41, 5.74) is 0. The number of rotatable bonds is 5. The molecule has 6 heteroatoms. The molecule has 0 fully saturated rings. The van der Waals surface area contributed by atoms with Crippen LogP contribution in [0.5, 0.6) is 0 Å². The SMILES string of the molecule is c1csc(Cc2nnc(CCn3cccn3)o2)c1. The second kappa shape index (κ2) is 5.14. The molecule has 0 radical (unpaired) electrons. The van der Waals surface area contributed by atoms with E-state index in [-0.39, 0.29) is 0 Å². The Morgan fingerprint density at radius 3 is 2.94 bits per heavy atom. The number of nitrogens with zero attached hydrogens (tertiary/aromatic N) is 4. The first kappa shape index (κ1) is 11.2. The Balaban J connectivity index is 1.59. The summed E-state index contributed by atoms with van der Waals surface area (Å²) in [4.78, 5) is 1.23. The monoisotopic (exact) mass is 260 g/mol. The van der Waals surface area contributed by atoms with Gasteiger partial charge in [0, 0.05) is 30.2 Å². The van der Waals surface area contributed by atoms with E-state index in [1.54, 1.807) is 17.5 Å². The standard InChI is InChI=1S/C12H12N4OS/c1-3-10(18-8-1)9-12-15-14-11(17-12)4-7-16-6-2-5-13-16/h1-3,5-6,8H,4,7,9H2. The van der Waals surface area contributed by atoms with Crippen molar-refractivity contribution in [1.29, 1.82) is 0 Å². The van der Waals surface area contributed by atoms with Crippen molar-refractivity contribution in [3.63, 3.8) is 0 Å². The quantitative estimate of drug-likeness (QED) is 0.705. The molecule has 3 aromatic rings. The van der Waals surface area contributed by atoms with Crippen molar-refractivity contribution in [2.45, 2.75) is 19.4 Å². The van der Waals surface area contributed by atoms with Crippen LogP contribution in [-0.4, -0.2) is 20.0 Å². The summed E-state index contributed by atoms with van der Waals surface area (Å²) in [6, 6.07) is 5.99. The highest BCUT2D eigenvalue weighted by atomic mass is 32.1. The van der Waals surface area contributed by atoms with E-state index in [0.717, 1.165) is 6.54 Å².